The van der Waals surface area contributed by atoms with Gasteiger partial charge in [0.25, 0.3) is 11.8 Å². The molecule has 3 aromatic rings. The zero-order valence-electron chi connectivity index (χ0n) is 15.6. The topological polar surface area (TPSA) is 84.2 Å². The highest BCUT2D eigenvalue weighted by molar-refractivity contribution is 7.17. The molecular weight excluding hydrogens is 374 g/mol. The normalized spacial score (nSPS) is 13.0. The summed E-state index contributed by atoms with van der Waals surface area (Å²) in [6.07, 6.45) is 3.99. The Morgan fingerprint density at radius 2 is 1.93 bits per heavy atom. The number of benzene rings is 1. The van der Waals surface area contributed by atoms with Gasteiger partial charge in [-0.2, -0.15) is 0 Å². The predicted octanol–water partition coefficient (Wildman–Crippen LogP) is 4.28. The molecule has 0 spiro atoms. The Bertz CT molecular complexity index is 1010. The summed E-state index contributed by atoms with van der Waals surface area (Å²) in [7, 11) is 0. The summed E-state index contributed by atoms with van der Waals surface area (Å²) in [5, 5.41) is 10.2. The number of hydrogen-bond acceptors (Lipinski definition) is 5. The van der Waals surface area contributed by atoms with Crippen LogP contribution in [0.5, 0.6) is 0 Å². The Kier molecular flexibility index (Phi) is 5.25. The standard InChI is InChI=1S/C21H21N3O3S/c1-2-22-20(26)18-14-10-6-7-11-17(14)28-21(18)23-19(25)15-12-16(27-24-15)13-8-4-3-5-9-13/h3-5,8-9,12H,2,6-7,10-11H2,1H3,(H,22,26)(H,23,25). The van der Waals surface area contributed by atoms with Gasteiger partial charge in [-0.15, -0.1) is 11.3 Å². The number of carbonyl (C=O) groups is 2. The van der Waals surface area contributed by atoms with Crippen molar-refractivity contribution in [1.82, 2.24) is 10.5 Å². The third-order valence-corrected chi connectivity index (χ3v) is 5.97. The van der Waals surface area contributed by atoms with Gasteiger partial charge in [-0.25, -0.2) is 0 Å². The molecule has 28 heavy (non-hydrogen) atoms. The summed E-state index contributed by atoms with van der Waals surface area (Å²) >= 11 is 1.49. The minimum absolute atomic E-state index is 0.137. The number of carbonyl (C=O) groups excluding carboxylic acids is 2. The number of rotatable bonds is 5. The molecule has 2 amide bonds. The van der Waals surface area contributed by atoms with Gasteiger partial charge in [0.15, 0.2) is 11.5 Å². The van der Waals surface area contributed by atoms with Crippen molar-refractivity contribution in [3.8, 4) is 11.3 Å². The number of aromatic nitrogens is 1. The fraction of sp³-hybridized carbons (Fsp3) is 0.286. The van der Waals surface area contributed by atoms with Gasteiger partial charge in [0.1, 0.15) is 5.00 Å². The Hall–Kier alpha value is -2.93. The van der Waals surface area contributed by atoms with Crippen LogP contribution in [0.2, 0.25) is 0 Å². The second-order valence-corrected chi connectivity index (χ2v) is 7.78. The van der Waals surface area contributed by atoms with Gasteiger partial charge in [-0.05, 0) is 38.2 Å². The van der Waals surface area contributed by atoms with E-state index in [9.17, 15) is 9.59 Å². The molecule has 0 fully saturated rings. The molecule has 2 aromatic heterocycles. The first-order valence-corrected chi connectivity index (χ1v) is 10.2. The SMILES string of the molecule is CCNC(=O)c1c(NC(=O)c2cc(-c3ccccc3)on2)sc2c1CCCC2. The molecule has 0 saturated heterocycles. The van der Waals surface area contributed by atoms with Crippen LogP contribution in [0.25, 0.3) is 11.3 Å². The summed E-state index contributed by atoms with van der Waals surface area (Å²) in [5.74, 6) is 0.0116. The number of thiophene rings is 1. The maximum Gasteiger partial charge on any atom is 0.278 e. The first-order valence-electron chi connectivity index (χ1n) is 9.43. The molecule has 1 aromatic carbocycles. The van der Waals surface area contributed by atoms with Crippen molar-refractivity contribution in [2.24, 2.45) is 0 Å². The molecular formula is C21H21N3O3S. The number of hydrogen-bond donors (Lipinski definition) is 2. The Morgan fingerprint density at radius 3 is 2.71 bits per heavy atom. The number of nitrogens with one attached hydrogen (secondary N) is 2. The number of aryl methyl sites for hydroxylation is 1. The highest BCUT2D eigenvalue weighted by Gasteiger charge is 2.27. The molecule has 0 atom stereocenters. The van der Waals surface area contributed by atoms with Crippen molar-refractivity contribution in [3.63, 3.8) is 0 Å². The molecule has 4 rings (SSSR count). The Balaban J connectivity index is 1.60. The minimum atomic E-state index is -0.380. The van der Waals surface area contributed by atoms with Crippen LogP contribution in [0.3, 0.4) is 0 Å². The van der Waals surface area contributed by atoms with Crippen LogP contribution >= 0.6 is 11.3 Å². The van der Waals surface area contributed by atoms with Gasteiger partial charge >= 0.3 is 0 Å². The summed E-state index contributed by atoms with van der Waals surface area (Å²) in [6, 6.07) is 11.1. The van der Waals surface area contributed by atoms with Crippen LogP contribution in [-0.2, 0) is 12.8 Å². The lowest BCUT2D eigenvalue weighted by Gasteiger charge is -2.12. The summed E-state index contributed by atoms with van der Waals surface area (Å²) in [6.45, 7) is 2.43. The third kappa shape index (κ3) is 3.57. The highest BCUT2D eigenvalue weighted by Crippen LogP contribution is 2.38. The Labute approximate surface area is 166 Å². The molecule has 0 bridgehead atoms. The van der Waals surface area contributed by atoms with Crippen molar-refractivity contribution < 1.29 is 14.1 Å². The Morgan fingerprint density at radius 1 is 1.14 bits per heavy atom. The van der Waals surface area contributed by atoms with E-state index >= 15 is 0 Å². The number of fused-ring (bicyclic) bond motifs is 1. The minimum Gasteiger partial charge on any atom is -0.355 e. The van der Waals surface area contributed by atoms with Gasteiger partial charge in [0, 0.05) is 23.1 Å². The monoisotopic (exact) mass is 395 g/mol. The van der Waals surface area contributed by atoms with Gasteiger partial charge in [-0.3, -0.25) is 9.59 Å². The molecule has 0 unspecified atom stereocenters. The van der Waals surface area contributed by atoms with Gasteiger partial charge in [0.2, 0.25) is 0 Å². The predicted molar refractivity (Wildman–Crippen MR) is 109 cm³/mol. The average molecular weight is 395 g/mol. The van der Waals surface area contributed by atoms with E-state index < -0.39 is 0 Å². The zero-order chi connectivity index (χ0) is 19.5. The molecule has 1 aliphatic carbocycles. The molecule has 2 heterocycles. The van der Waals surface area contributed by atoms with Crippen LogP contribution < -0.4 is 10.6 Å². The van der Waals surface area contributed by atoms with Crippen molar-refractivity contribution in [2.45, 2.75) is 32.6 Å². The molecule has 0 radical (unpaired) electrons. The quantitative estimate of drug-likeness (QED) is 0.675. The molecule has 2 N–H and O–H groups in total. The van der Waals surface area contributed by atoms with Crippen molar-refractivity contribution >= 4 is 28.2 Å². The maximum absolute atomic E-state index is 12.7. The fourth-order valence-electron chi connectivity index (χ4n) is 3.43. The van der Waals surface area contributed by atoms with Crippen molar-refractivity contribution in [1.29, 1.82) is 0 Å². The largest absolute Gasteiger partial charge is 0.355 e. The summed E-state index contributed by atoms with van der Waals surface area (Å²) in [5.41, 5.74) is 2.71. The third-order valence-electron chi connectivity index (χ3n) is 4.76. The van der Waals surface area contributed by atoms with E-state index in [4.69, 9.17) is 4.52 Å². The first-order chi connectivity index (χ1) is 13.7. The first kappa shape index (κ1) is 18.4. The van der Waals surface area contributed by atoms with E-state index in [1.807, 2.05) is 37.3 Å². The second-order valence-electron chi connectivity index (χ2n) is 6.67. The smallest absolute Gasteiger partial charge is 0.278 e. The van der Waals surface area contributed by atoms with E-state index in [1.165, 1.54) is 16.2 Å². The van der Waals surface area contributed by atoms with Crippen LogP contribution in [0.4, 0.5) is 5.00 Å². The molecule has 144 valence electrons. The molecule has 0 aliphatic heterocycles. The molecule has 0 saturated carbocycles. The number of anilines is 1. The fourth-order valence-corrected chi connectivity index (χ4v) is 4.71. The molecule has 1 aliphatic rings. The zero-order valence-corrected chi connectivity index (χ0v) is 16.4. The number of amides is 2. The van der Waals surface area contributed by atoms with E-state index in [1.54, 1.807) is 6.07 Å². The van der Waals surface area contributed by atoms with Crippen LogP contribution in [0.15, 0.2) is 40.9 Å². The van der Waals surface area contributed by atoms with E-state index in [-0.39, 0.29) is 17.5 Å². The van der Waals surface area contributed by atoms with Gasteiger partial charge < -0.3 is 15.2 Å². The van der Waals surface area contributed by atoms with E-state index in [2.05, 4.69) is 15.8 Å². The van der Waals surface area contributed by atoms with Gasteiger partial charge in [-0.1, -0.05) is 35.5 Å². The maximum atomic E-state index is 12.7. The van der Waals surface area contributed by atoms with Gasteiger partial charge in [0.05, 0.1) is 5.56 Å². The van der Waals surface area contributed by atoms with E-state index in [0.717, 1.165) is 36.8 Å². The molecule has 6 nitrogen and oxygen atoms in total. The van der Waals surface area contributed by atoms with Crippen LogP contribution in [0, 0.1) is 0 Å². The van der Waals surface area contributed by atoms with E-state index in [0.29, 0.717) is 22.9 Å². The van der Waals surface area contributed by atoms with Crippen LogP contribution in [-0.4, -0.2) is 23.5 Å². The summed E-state index contributed by atoms with van der Waals surface area (Å²) in [4.78, 5) is 26.5. The second kappa shape index (κ2) is 7.98. The van der Waals surface area contributed by atoms with Crippen LogP contribution in [0.1, 0.15) is 51.1 Å². The summed E-state index contributed by atoms with van der Waals surface area (Å²) < 4.78 is 5.32. The lowest BCUT2D eigenvalue weighted by atomic mass is 9.95. The van der Waals surface area contributed by atoms with Crippen molar-refractivity contribution in [2.75, 3.05) is 11.9 Å². The molecule has 7 heteroatoms. The lowest BCUT2D eigenvalue weighted by molar-refractivity contribution is 0.0956. The number of nitrogens with zero attached hydrogens (tertiary/aromatic N) is 1. The van der Waals surface area contributed by atoms with Crippen molar-refractivity contribution in [3.05, 3.63) is 58.1 Å². The average Bonchev–Trinajstić information content (AvgIpc) is 3.34. The lowest BCUT2D eigenvalue weighted by Crippen LogP contribution is -2.25. The highest BCUT2D eigenvalue weighted by atomic mass is 32.1.